The van der Waals surface area contributed by atoms with Crippen LogP contribution in [0.15, 0.2) is 18.2 Å². The monoisotopic (exact) mass is 281 g/mol. The van der Waals surface area contributed by atoms with E-state index in [1.54, 1.807) is 21.3 Å². The lowest BCUT2D eigenvalue weighted by Gasteiger charge is -2.27. The van der Waals surface area contributed by atoms with Gasteiger partial charge in [0.25, 0.3) is 0 Å². The molecule has 20 heavy (non-hydrogen) atoms. The first-order valence-electron chi connectivity index (χ1n) is 6.91. The Kier molecular flexibility index (Phi) is 6.30. The van der Waals surface area contributed by atoms with E-state index in [4.69, 9.17) is 14.2 Å². The molecule has 1 atom stereocenters. The summed E-state index contributed by atoms with van der Waals surface area (Å²) >= 11 is 0. The van der Waals surface area contributed by atoms with Crippen molar-refractivity contribution in [2.24, 2.45) is 0 Å². The number of methoxy groups -OCH3 is 3. The van der Waals surface area contributed by atoms with Gasteiger partial charge in [-0.15, -0.1) is 0 Å². The fraction of sp³-hybridized carbons (Fsp3) is 0.625. The number of hydrogen-bond donors (Lipinski definition) is 1. The average Bonchev–Trinajstić information content (AvgIpc) is 2.47. The SMILES string of the molecule is CNC(CCC(C)(C)OC)c1cc(OC)ccc1OC. The maximum atomic E-state index is 5.49. The lowest BCUT2D eigenvalue weighted by molar-refractivity contribution is 0.0118. The van der Waals surface area contributed by atoms with Gasteiger partial charge in [0.05, 0.1) is 19.8 Å². The van der Waals surface area contributed by atoms with Crippen LogP contribution in [-0.4, -0.2) is 34.0 Å². The highest BCUT2D eigenvalue weighted by Crippen LogP contribution is 2.33. The first kappa shape index (κ1) is 16.8. The van der Waals surface area contributed by atoms with Crippen molar-refractivity contribution in [2.45, 2.75) is 38.3 Å². The predicted octanol–water partition coefficient (Wildman–Crippen LogP) is 3.17. The number of ether oxygens (including phenoxy) is 3. The number of hydrogen-bond acceptors (Lipinski definition) is 4. The molecule has 0 radical (unpaired) electrons. The average molecular weight is 281 g/mol. The third kappa shape index (κ3) is 4.39. The van der Waals surface area contributed by atoms with E-state index < -0.39 is 0 Å². The van der Waals surface area contributed by atoms with Gasteiger partial charge < -0.3 is 19.5 Å². The Morgan fingerprint density at radius 3 is 2.35 bits per heavy atom. The fourth-order valence-corrected chi connectivity index (χ4v) is 2.16. The molecule has 1 rings (SSSR count). The van der Waals surface area contributed by atoms with Gasteiger partial charge in [0, 0.05) is 18.7 Å². The van der Waals surface area contributed by atoms with Crippen molar-refractivity contribution in [1.29, 1.82) is 0 Å². The van der Waals surface area contributed by atoms with Crippen LogP contribution in [0.1, 0.15) is 38.3 Å². The molecular formula is C16H27NO3. The lowest BCUT2D eigenvalue weighted by Crippen LogP contribution is -2.26. The van der Waals surface area contributed by atoms with Crippen LogP contribution in [0.2, 0.25) is 0 Å². The van der Waals surface area contributed by atoms with Crippen LogP contribution >= 0.6 is 0 Å². The first-order valence-corrected chi connectivity index (χ1v) is 6.91. The normalized spacial score (nSPS) is 13.1. The van der Waals surface area contributed by atoms with E-state index >= 15 is 0 Å². The Balaban J connectivity index is 2.93. The molecule has 0 saturated heterocycles. The largest absolute Gasteiger partial charge is 0.497 e. The summed E-state index contributed by atoms with van der Waals surface area (Å²) in [6, 6.07) is 6.09. The molecule has 0 aliphatic rings. The Bertz CT molecular complexity index is 418. The van der Waals surface area contributed by atoms with Crippen molar-refractivity contribution in [3.8, 4) is 11.5 Å². The van der Waals surface area contributed by atoms with Gasteiger partial charge in [-0.05, 0) is 51.9 Å². The Morgan fingerprint density at radius 1 is 1.15 bits per heavy atom. The second kappa shape index (κ2) is 7.50. The zero-order valence-electron chi connectivity index (χ0n) is 13.4. The third-order valence-electron chi connectivity index (χ3n) is 3.75. The Hall–Kier alpha value is -1.26. The molecule has 0 aliphatic carbocycles. The second-order valence-electron chi connectivity index (χ2n) is 5.45. The van der Waals surface area contributed by atoms with Crippen LogP contribution in [0.25, 0.3) is 0 Å². The highest BCUT2D eigenvalue weighted by atomic mass is 16.5. The quantitative estimate of drug-likeness (QED) is 0.794. The van der Waals surface area contributed by atoms with Crippen LogP contribution in [0.5, 0.6) is 11.5 Å². The lowest BCUT2D eigenvalue weighted by atomic mass is 9.94. The van der Waals surface area contributed by atoms with Gasteiger partial charge in [-0.2, -0.15) is 0 Å². The summed E-state index contributed by atoms with van der Waals surface area (Å²) in [5.74, 6) is 1.72. The molecule has 0 spiro atoms. The van der Waals surface area contributed by atoms with Gasteiger partial charge in [-0.3, -0.25) is 0 Å². The van der Waals surface area contributed by atoms with Crippen LogP contribution in [0, 0.1) is 0 Å². The Morgan fingerprint density at radius 2 is 1.85 bits per heavy atom. The van der Waals surface area contributed by atoms with Gasteiger partial charge in [0.1, 0.15) is 11.5 Å². The zero-order valence-corrected chi connectivity index (χ0v) is 13.4. The van der Waals surface area contributed by atoms with Gasteiger partial charge in [0.2, 0.25) is 0 Å². The van der Waals surface area contributed by atoms with Crippen LogP contribution in [0.4, 0.5) is 0 Å². The van der Waals surface area contributed by atoms with E-state index in [1.807, 2.05) is 25.2 Å². The summed E-state index contributed by atoms with van der Waals surface area (Å²) in [6.07, 6.45) is 1.91. The van der Waals surface area contributed by atoms with Gasteiger partial charge in [0.15, 0.2) is 0 Å². The summed E-state index contributed by atoms with van der Waals surface area (Å²) < 4.78 is 16.3. The molecule has 0 heterocycles. The molecule has 114 valence electrons. The van der Waals surface area contributed by atoms with E-state index in [-0.39, 0.29) is 11.6 Å². The molecule has 1 N–H and O–H groups in total. The van der Waals surface area contributed by atoms with Crippen LogP contribution in [-0.2, 0) is 4.74 Å². The molecule has 0 bridgehead atoms. The molecule has 1 aromatic carbocycles. The van der Waals surface area contributed by atoms with E-state index in [9.17, 15) is 0 Å². The number of nitrogens with one attached hydrogen (secondary N) is 1. The summed E-state index contributed by atoms with van der Waals surface area (Å²) in [5, 5.41) is 3.35. The third-order valence-corrected chi connectivity index (χ3v) is 3.75. The van der Waals surface area contributed by atoms with Crippen molar-refractivity contribution < 1.29 is 14.2 Å². The number of rotatable bonds is 8. The molecule has 4 nitrogen and oxygen atoms in total. The zero-order chi connectivity index (χ0) is 15.2. The smallest absolute Gasteiger partial charge is 0.123 e. The minimum atomic E-state index is -0.124. The molecule has 0 aliphatic heterocycles. The molecule has 0 fully saturated rings. The van der Waals surface area contributed by atoms with Gasteiger partial charge >= 0.3 is 0 Å². The minimum Gasteiger partial charge on any atom is -0.497 e. The second-order valence-corrected chi connectivity index (χ2v) is 5.45. The molecule has 1 unspecified atom stereocenters. The van der Waals surface area contributed by atoms with Crippen molar-refractivity contribution in [1.82, 2.24) is 5.32 Å². The molecule has 1 aromatic rings. The molecule has 0 saturated carbocycles. The number of benzene rings is 1. The van der Waals surface area contributed by atoms with E-state index in [0.29, 0.717) is 0 Å². The van der Waals surface area contributed by atoms with Crippen LogP contribution < -0.4 is 14.8 Å². The van der Waals surface area contributed by atoms with Crippen molar-refractivity contribution in [3.05, 3.63) is 23.8 Å². The van der Waals surface area contributed by atoms with Crippen molar-refractivity contribution >= 4 is 0 Å². The van der Waals surface area contributed by atoms with Gasteiger partial charge in [-0.1, -0.05) is 0 Å². The standard InChI is InChI=1S/C16H27NO3/c1-16(2,20-6)10-9-14(17-3)13-11-12(18-4)7-8-15(13)19-5/h7-8,11,14,17H,9-10H2,1-6H3. The summed E-state index contributed by atoms with van der Waals surface area (Å²) in [4.78, 5) is 0. The van der Waals surface area contributed by atoms with Gasteiger partial charge in [-0.25, -0.2) is 0 Å². The fourth-order valence-electron chi connectivity index (χ4n) is 2.16. The van der Waals surface area contributed by atoms with E-state index in [2.05, 4.69) is 19.2 Å². The minimum absolute atomic E-state index is 0.124. The maximum Gasteiger partial charge on any atom is 0.123 e. The maximum absolute atomic E-state index is 5.49. The molecular weight excluding hydrogens is 254 g/mol. The molecule has 0 amide bonds. The highest BCUT2D eigenvalue weighted by Gasteiger charge is 2.21. The van der Waals surface area contributed by atoms with Crippen LogP contribution in [0.3, 0.4) is 0 Å². The van der Waals surface area contributed by atoms with E-state index in [1.165, 1.54) is 0 Å². The first-order chi connectivity index (χ1) is 9.47. The topological polar surface area (TPSA) is 39.7 Å². The highest BCUT2D eigenvalue weighted by molar-refractivity contribution is 5.42. The van der Waals surface area contributed by atoms with E-state index in [0.717, 1.165) is 29.9 Å². The summed E-state index contributed by atoms with van der Waals surface area (Å²) in [5.41, 5.74) is 0.988. The Labute approximate surface area is 122 Å². The van der Waals surface area contributed by atoms with Crippen molar-refractivity contribution in [2.75, 3.05) is 28.4 Å². The molecule has 0 aromatic heterocycles. The summed E-state index contributed by atoms with van der Waals surface area (Å²) in [6.45, 7) is 4.20. The summed E-state index contributed by atoms with van der Waals surface area (Å²) in [7, 11) is 7.08. The predicted molar refractivity (Wildman–Crippen MR) is 81.7 cm³/mol. The van der Waals surface area contributed by atoms with Crippen molar-refractivity contribution in [3.63, 3.8) is 0 Å². The molecule has 4 heteroatoms.